The quantitative estimate of drug-likeness (QED) is 0.770. The van der Waals surface area contributed by atoms with Gasteiger partial charge in [-0.25, -0.2) is 17.6 Å². The standard InChI is InChI=1S/C12H13BrFNO5S/c1-21(19,20)5-4-10(12(17)18)15-11(16)8-6-7(14)2-3-9(8)13/h2-3,6,10H,4-5H2,1H3,(H,15,16)(H,17,18). The van der Waals surface area contributed by atoms with Gasteiger partial charge in [-0.3, -0.25) is 4.79 Å². The second-order valence-corrected chi connectivity index (χ2v) is 7.52. The van der Waals surface area contributed by atoms with Crippen molar-refractivity contribution in [3.8, 4) is 0 Å². The number of hydrogen-bond donors (Lipinski definition) is 2. The van der Waals surface area contributed by atoms with Crippen LogP contribution in [0.15, 0.2) is 22.7 Å². The lowest BCUT2D eigenvalue weighted by molar-refractivity contribution is -0.139. The number of nitrogens with one attached hydrogen (secondary N) is 1. The number of carbonyl (C=O) groups excluding carboxylic acids is 1. The Bertz CT molecular complexity index is 662. The minimum atomic E-state index is -3.35. The Labute approximate surface area is 129 Å². The van der Waals surface area contributed by atoms with Gasteiger partial charge in [-0.2, -0.15) is 0 Å². The summed E-state index contributed by atoms with van der Waals surface area (Å²) in [5.41, 5.74) is -0.0689. The molecule has 6 nitrogen and oxygen atoms in total. The van der Waals surface area contributed by atoms with Crippen LogP contribution < -0.4 is 5.32 Å². The maximum atomic E-state index is 13.1. The van der Waals surface area contributed by atoms with Crippen LogP contribution in [-0.2, 0) is 14.6 Å². The molecule has 0 aliphatic rings. The maximum Gasteiger partial charge on any atom is 0.326 e. The minimum absolute atomic E-state index is 0.0689. The van der Waals surface area contributed by atoms with Gasteiger partial charge in [0.2, 0.25) is 0 Å². The third-order valence-electron chi connectivity index (χ3n) is 2.55. The first-order chi connectivity index (χ1) is 9.60. The van der Waals surface area contributed by atoms with E-state index in [9.17, 15) is 22.4 Å². The normalized spacial score (nSPS) is 12.7. The highest BCUT2D eigenvalue weighted by Crippen LogP contribution is 2.18. The summed E-state index contributed by atoms with van der Waals surface area (Å²) in [6, 6.07) is 2.03. The zero-order valence-electron chi connectivity index (χ0n) is 11.0. The van der Waals surface area contributed by atoms with E-state index < -0.39 is 33.6 Å². The topological polar surface area (TPSA) is 101 Å². The van der Waals surface area contributed by atoms with Crippen molar-refractivity contribution in [2.45, 2.75) is 12.5 Å². The molecule has 0 bridgehead atoms. The maximum absolute atomic E-state index is 13.1. The molecule has 0 aliphatic carbocycles. The Hall–Kier alpha value is -1.48. The fourth-order valence-electron chi connectivity index (χ4n) is 1.50. The van der Waals surface area contributed by atoms with Crippen LogP contribution in [0.4, 0.5) is 4.39 Å². The van der Waals surface area contributed by atoms with Crippen LogP contribution in [0.3, 0.4) is 0 Å². The lowest BCUT2D eigenvalue weighted by Crippen LogP contribution is -2.42. The molecular weight excluding hydrogens is 369 g/mol. The largest absolute Gasteiger partial charge is 0.480 e. The van der Waals surface area contributed by atoms with Crippen molar-refractivity contribution in [1.82, 2.24) is 5.32 Å². The number of rotatable bonds is 6. The molecule has 0 saturated heterocycles. The first-order valence-electron chi connectivity index (χ1n) is 5.76. The number of halogens is 2. The van der Waals surface area contributed by atoms with Gasteiger partial charge in [0, 0.05) is 10.7 Å². The van der Waals surface area contributed by atoms with Gasteiger partial charge >= 0.3 is 5.97 Å². The highest BCUT2D eigenvalue weighted by Gasteiger charge is 2.23. The minimum Gasteiger partial charge on any atom is -0.480 e. The fraction of sp³-hybridized carbons (Fsp3) is 0.333. The molecule has 1 aromatic rings. The van der Waals surface area contributed by atoms with E-state index in [1.54, 1.807) is 0 Å². The molecule has 1 unspecified atom stereocenters. The van der Waals surface area contributed by atoms with Crippen molar-refractivity contribution in [2.75, 3.05) is 12.0 Å². The number of carboxylic acids is 1. The lowest BCUT2D eigenvalue weighted by atomic mass is 10.1. The first-order valence-corrected chi connectivity index (χ1v) is 8.62. The second kappa shape index (κ2) is 6.99. The summed E-state index contributed by atoms with van der Waals surface area (Å²) in [6.45, 7) is 0. The molecular formula is C12H13BrFNO5S. The molecule has 116 valence electrons. The third kappa shape index (κ3) is 5.80. The number of carboxylic acid groups (broad SMARTS) is 1. The Morgan fingerprint density at radius 1 is 1.43 bits per heavy atom. The van der Waals surface area contributed by atoms with E-state index in [2.05, 4.69) is 21.2 Å². The molecule has 0 aromatic heterocycles. The lowest BCUT2D eigenvalue weighted by Gasteiger charge is -2.14. The van der Waals surface area contributed by atoms with Gasteiger partial charge in [-0.15, -0.1) is 0 Å². The van der Waals surface area contributed by atoms with Crippen molar-refractivity contribution < 1.29 is 27.5 Å². The van der Waals surface area contributed by atoms with E-state index in [4.69, 9.17) is 5.11 Å². The van der Waals surface area contributed by atoms with Gasteiger partial charge in [0.25, 0.3) is 5.91 Å². The summed E-state index contributed by atoms with van der Waals surface area (Å²) in [6.07, 6.45) is 0.698. The average molecular weight is 382 g/mol. The smallest absolute Gasteiger partial charge is 0.326 e. The summed E-state index contributed by atoms with van der Waals surface area (Å²) in [7, 11) is -3.35. The molecule has 21 heavy (non-hydrogen) atoms. The zero-order valence-corrected chi connectivity index (χ0v) is 13.4. The third-order valence-corrected chi connectivity index (χ3v) is 4.22. The summed E-state index contributed by atoms with van der Waals surface area (Å²) < 4.78 is 35.5. The van der Waals surface area contributed by atoms with E-state index in [1.807, 2.05) is 0 Å². The molecule has 0 fully saturated rings. The van der Waals surface area contributed by atoms with E-state index in [1.165, 1.54) is 6.07 Å². The molecule has 1 amide bonds. The van der Waals surface area contributed by atoms with E-state index >= 15 is 0 Å². The monoisotopic (exact) mass is 381 g/mol. The fourth-order valence-corrected chi connectivity index (χ4v) is 2.59. The number of benzene rings is 1. The summed E-state index contributed by atoms with van der Waals surface area (Å²) >= 11 is 3.06. The number of sulfone groups is 1. The first kappa shape index (κ1) is 17.6. The van der Waals surface area contributed by atoms with Crippen molar-refractivity contribution in [2.24, 2.45) is 0 Å². The molecule has 1 rings (SSSR count). The number of aliphatic carboxylic acids is 1. The van der Waals surface area contributed by atoms with Crippen LogP contribution in [0.2, 0.25) is 0 Å². The van der Waals surface area contributed by atoms with Crippen molar-refractivity contribution >= 4 is 37.6 Å². The van der Waals surface area contributed by atoms with E-state index in [0.29, 0.717) is 4.47 Å². The molecule has 1 atom stereocenters. The van der Waals surface area contributed by atoms with Crippen molar-refractivity contribution in [3.05, 3.63) is 34.1 Å². The van der Waals surface area contributed by atoms with Crippen LogP contribution >= 0.6 is 15.9 Å². The molecule has 0 spiro atoms. The Morgan fingerprint density at radius 2 is 2.05 bits per heavy atom. The molecule has 0 radical (unpaired) electrons. The SMILES string of the molecule is CS(=O)(=O)CCC(NC(=O)c1cc(F)ccc1Br)C(=O)O. The average Bonchev–Trinajstić information content (AvgIpc) is 2.35. The molecule has 9 heteroatoms. The highest BCUT2D eigenvalue weighted by molar-refractivity contribution is 9.10. The van der Waals surface area contributed by atoms with Gasteiger partial charge < -0.3 is 10.4 Å². The van der Waals surface area contributed by atoms with E-state index in [0.717, 1.165) is 18.4 Å². The Kier molecular flexibility index (Phi) is 5.85. The molecule has 0 aliphatic heterocycles. The van der Waals surface area contributed by atoms with E-state index in [-0.39, 0.29) is 17.7 Å². The van der Waals surface area contributed by atoms with Crippen LogP contribution in [0.25, 0.3) is 0 Å². The van der Waals surface area contributed by atoms with Gasteiger partial charge in [0.05, 0.1) is 11.3 Å². The molecule has 2 N–H and O–H groups in total. The molecule has 1 aromatic carbocycles. The highest BCUT2D eigenvalue weighted by atomic mass is 79.9. The van der Waals surface area contributed by atoms with Crippen molar-refractivity contribution in [1.29, 1.82) is 0 Å². The van der Waals surface area contributed by atoms with Gasteiger partial charge in [-0.1, -0.05) is 0 Å². The summed E-state index contributed by atoms with van der Waals surface area (Å²) in [5.74, 6) is -3.19. The zero-order chi connectivity index (χ0) is 16.2. The molecule has 0 heterocycles. The number of hydrogen-bond acceptors (Lipinski definition) is 4. The molecule has 0 saturated carbocycles. The Balaban J connectivity index is 2.86. The van der Waals surface area contributed by atoms with Crippen molar-refractivity contribution in [3.63, 3.8) is 0 Å². The second-order valence-electron chi connectivity index (χ2n) is 4.41. The van der Waals surface area contributed by atoms with Gasteiger partial charge in [0.15, 0.2) is 0 Å². The predicted octanol–water partition coefficient (Wildman–Crippen LogP) is 1.21. The van der Waals surface area contributed by atoms with Crippen LogP contribution in [0.5, 0.6) is 0 Å². The Morgan fingerprint density at radius 3 is 2.57 bits per heavy atom. The van der Waals surface area contributed by atoms with Crippen LogP contribution in [0, 0.1) is 5.82 Å². The summed E-state index contributed by atoms with van der Waals surface area (Å²) in [5, 5.41) is 11.2. The number of amides is 1. The predicted molar refractivity (Wildman–Crippen MR) is 77.3 cm³/mol. The summed E-state index contributed by atoms with van der Waals surface area (Å²) in [4.78, 5) is 23.0. The number of carbonyl (C=O) groups is 2. The van der Waals surface area contributed by atoms with Gasteiger partial charge in [-0.05, 0) is 40.5 Å². The van der Waals surface area contributed by atoms with Gasteiger partial charge in [0.1, 0.15) is 21.7 Å². The van der Waals surface area contributed by atoms with Crippen LogP contribution in [-0.4, -0.2) is 43.5 Å². The van der Waals surface area contributed by atoms with Crippen LogP contribution in [0.1, 0.15) is 16.8 Å².